The molecule has 1 aromatic carbocycles. The third kappa shape index (κ3) is 2.86. The summed E-state index contributed by atoms with van der Waals surface area (Å²) in [6, 6.07) is 4.34. The number of rotatable bonds is 4. The van der Waals surface area contributed by atoms with Crippen molar-refractivity contribution in [2.75, 3.05) is 5.32 Å². The van der Waals surface area contributed by atoms with Gasteiger partial charge in [0.1, 0.15) is 34.8 Å². The van der Waals surface area contributed by atoms with Gasteiger partial charge in [-0.2, -0.15) is 10.5 Å². The number of aromatic carboxylic acids is 1. The summed E-state index contributed by atoms with van der Waals surface area (Å²) in [6.07, 6.45) is 0.758. The minimum Gasteiger partial charge on any atom is -0.478 e. The second-order valence-electron chi connectivity index (χ2n) is 3.30. The van der Waals surface area contributed by atoms with Crippen molar-refractivity contribution in [1.82, 2.24) is 0 Å². The molecule has 9 heteroatoms. The Morgan fingerprint density at radius 1 is 1.45 bits per heavy atom. The van der Waals surface area contributed by atoms with Crippen molar-refractivity contribution >= 4 is 17.3 Å². The van der Waals surface area contributed by atoms with Crippen LogP contribution in [0.4, 0.5) is 15.8 Å². The van der Waals surface area contributed by atoms with Crippen molar-refractivity contribution < 1.29 is 19.2 Å². The second kappa shape index (κ2) is 5.93. The van der Waals surface area contributed by atoms with Crippen LogP contribution < -0.4 is 5.32 Å². The number of carboxylic acid groups (broad SMARTS) is 1. The monoisotopic (exact) mass is 276 g/mol. The van der Waals surface area contributed by atoms with Gasteiger partial charge in [-0.15, -0.1) is 0 Å². The molecule has 0 bridgehead atoms. The molecule has 0 heterocycles. The number of hydrogen-bond donors (Lipinski definition) is 2. The molecule has 8 nitrogen and oxygen atoms in total. The van der Waals surface area contributed by atoms with Crippen LogP contribution in [-0.4, -0.2) is 16.0 Å². The molecule has 0 aromatic heterocycles. The highest BCUT2D eigenvalue weighted by atomic mass is 19.1. The maximum atomic E-state index is 13.4. The van der Waals surface area contributed by atoms with E-state index < -0.39 is 39.2 Å². The van der Waals surface area contributed by atoms with E-state index in [1.165, 1.54) is 12.1 Å². The number of nitrogens with zero attached hydrogens (tertiary/aromatic N) is 3. The van der Waals surface area contributed by atoms with Gasteiger partial charge in [-0.05, 0) is 6.07 Å². The van der Waals surface area contributed by atoms with E-state index in [2.05, 4.69) is 5.32 Å². The van der Waals surface area contributed by atoms with Crippen LogP contribution in [0.25, 0.3) is 0 Å². The van der Waals surface area contributed by atoms with Crippen LogP contribution in [0.2, 0.25) is 0 Å². The van der Waals surface area contributed by atoms with E-state index >= 15 is 0 Å². The van der Waals surface area contributed by atoms with Gasteiger partial charge in [0, 0.05) is 12.3 Å². The lowest BCUT2D eigenvalue weighted by Gasteiger charge is -2.07. The van der Waals surface area contributed by atoms with E-state index in [1.54, 1.807) is 0 Å². The van der Waals surface area contributed by atoms with Crippen molar-refractivity contribution in [1.29, 1.82) is 10.5 Å². The third-order valence-corrected chi connectivity index (χ3v) is 2.14. The average molecular weight is 276 g/mol. The molecule has 0 aliphatic heterocycles. The Morgan fingerprint density at radius 2 is 2.05 bits per heavy atom. The summed E-state index contributed by atoms with van der Waals surface area (Å²) in [6.45, 7) is 0. The minimum atomic E-state index is -1.72. The lowest BCUT2D eigenvalue weighted by atomic mass is 10.1. The molecule has 2 N–H and O–H groups in total. The summed E-state index contributed by atoms with van der Waals surface area (Å²) in [7, 11) is 0. The summed E-state index contributed by atoms with van der Waals surface area (Å²) in [5.41, 5.74) is -2.76. The maximum Gasteiger partial charge on any atom is 0.341 e. The molecule has 1 rings (SSSR count). The third-order valence-electron chi connectivity index (χ3n) is 2.14. The SMILES string of the molecule is N#CC(C#N)=CNc1c([N+](=O)[O-])ccc(F)c1C(=O)O. The van der Waals surface area contributed by atoms with Gasteiger partial charge in [0.2, 0.25) is 0 Å². The molecular formula is C11H5FN4O4. The predicted octanol–water partition coefficient (Wildman–Crippen LogP) is 1.78. The Hall–Kier alpha value is -3.46. The van der Waals surface area contributed by atoms with Gasteiger partial charge in [-0.3, -0.25) is 10.1 Å². The number of nitrogens with one attached hydrogen (secondary N) is 1. The Balaban J connectivity index is 3.49. The summed E-state index contributed by atoms with van der Waals surface area (Å²) in [4.78, 5) is 20.8. The first-order valence-electron chi connectivity index (χ1n) is 4.89. The number of anilines is 1. The van der Waals surface area contributed by atoms with E-state index in [-0.39, 0.29) is 0 Å². The number of nitriles is 2. The molecule has 0 saturated heterocycles. The normalized spacial score (nSPS) is 8.95. The largest absolute Gasteiger partial charge is 0.478 e. The van der Waals surface area contributed by atoms with Crippen LogP contribution in [-0.2, 0) is 0 Å². The lowest BCUT2D eigenvalue weighted by molar-refractivity contribution is -0.384. The average Bonchev–Trinajstić information content (AvgIpc) is 2.39. The Labute approximate surface area is 111 Å². The molecule has 0 saturated carbocycles. The molecule has 0 fully saturated rings. The van der Waals surface area contributed by atoms with Crippen molar-refractivity contribution in [2.45, 2.75) is 0 Å². The lowest BCUT2D eigenvalue weighted by Crippen LogP contribution is -2.08. The fraction of sp³-hybridized carbons (Fsp3) is 0. The fourth-order valence-electron chi connectivity index (χ4n) is 1.31. The second-order valence-corrected chi connectivity index (χ2v) is 3.30. The minimum absolute atomic E-state index is 0.458. The quantitative estimate of drug-likeness (QED) is 0.485. The van der Waals surface area contributed by atoms with Crippen LogP contribution in [0.3, 0.4) is 0 Å². The van der Waals surface area contributed by atoms with Crippen LogP contribution in [0.5, 0.6) is 0 Å². The van der Waals surface area contributed by atoms with Gasteiger partial charge in [0.05, 0.1) is 4.92 Å². The van der Waals surface area contributed by atoms with Crippen LogP contribution in [0.15, 0.2) is 23.9 Å². The fourth-order valence-corrected chi connectivity index (χ4v) is 1.31. The van der Waals surface area contributed by atoms with Crippen LogP contribution >= 0.6 is 0 Å². The number of allylic oxidation sites excluding steroid dienone is 1. The number of hydrogen-bond acceptors (Lipinski definition) is 6. The first-order chi connectivity index (χ1) is 9.42. The zero-order valence-electron chi connectivity index (χ0n) is 9.62. The molecule has 20 heavy (non-hydrogen) atoms. The molecule has 100 valence electrons. The summed E-state index contributed by atoms with van der Waals surface area (Å²) in [5.74, 6) is -2.91. The van der Waals surface area contributed by atoms with Crippen molar-refractivity contribution in [3.63, 3.8) is 0 Å². The highest BCUT2D eigenvalue weighted by molar-refractivity contribution is 5.97. The molecule has 0 spiro atoms. The van der Waals surface area contributed by atoms with E-state index in [4.69, 9.17) is 15.6 Å². The number of nitro benzene ring substituents is 1. The van der Waals surface area contributed by atoms with E-state index in [0.717, 1.165) is 12.3 Å². The molecule has 0 aliphatic rings. The molecule has 0 radical (unpaired) electrons. The van der Waals surface area contributed by atoms with Crippen molar-refractivity contribution in [3.05, 3.63) is 45.4 Å². The van der Waals surface area contributed by atoms with Gasteiger partial charge >= 0.3 is 5.97 Å². The number of carbonyl (C=O) groups is 1. The summed E-state index contributed by atoms with van der Waals surface area (Å²) < 4.78 is 13.4. The van der Waals surface area contributed by atoms with E-state index in [1.807, 2.05) is 0 Å². The van der Waals surface area contributed by atoms with E-state index in [9.17, 15) is 19.3 Å². The van der Waals surface area contributed by atoms with Crippen LogP contribution in [0.1, 0.15) is 10.4 Å². The molecule has 0 amide bonds. The van der Waals surface area contributed by atoms with Crippen molar-refractivity contribution in [2.24, 2.45) is 0 Å². The highest BCUT2D eigenvalue weighted by Crippen LogP contribution is 2.30. The molecular weight excluding hydrogens is 271 g/mol. The zero-order chi connectivity index (χ0) is 15.3. The Kier molecular flexibility index (Phi) is 4.33. The molecule has 1 aromatic rings. The standard InChI is InChI=1S/C11H5FN4O4/c12-7-1-2-8(16(19)20)10(9(7)11(17)18)15-5-6(3-13)4-14/h1-2,5,15H,(H,17,18). The first kappa shape index (κ1) is 14.6. The number of halogens is 1. The van der Waals surface area contributed by atoms with Crippen molar-refractivity contribution in [3.8, 4) is 12.1 Å². The van der Waals surface area contributed by atoms with Gasteiger partial charge in [-0.1, -0.05) is 0 Å². The van der Waals surface area contributed by atoms with Gasteiger partial charge < -0.3 is 10.4 Å². The highest BCUT2D eigenvalue weighted by Gasteiger charge is 2.25. The zero-order valence-corrected chi connectivity index (χ0v) is 9.62. The maximum absolute atomic E-state index is 13.4. The number of carboxylic acids is 1. The molecule has 0 aliphatic carbocycles. The first-order valence-corrected chi connectivity index (χ1v) is 4.89. The Bertz CT molecular complexity index is 684. The number of nitro groups is 1. The number of benzene rings is 1. The smallest absolute Gasteiger partial charge is 0.341 e. The molecule has 0 atom stereocenters. The van der Waals surface area contributed by atoms with Gasteiger partial charge in [0.15, 0.2) is 0 Å². The molecule has 0 unspecified atom stereocenters. The summed E-state index contributed by atoms with van der Waals surface area (Å²) in [5, 5.41) is 38.8. The Morgan fingerprint density at radius 3 is 2.50 bits per heavy atom. The van der Waals surface area contributed by atoms with Gasteiger partial charge in [-0.25, -0.2) is 9.18 Å². The van der Waals surface area contributed by atoms with Gasteiger partial charge in [0.25, 0.3) is 5.69 Å². The van der Waals surface area contributed by atoms with Crippen LogP contribution in [0, 0.1) is 38.6 Å². The predicted molar refractivity (Wildman–Crippen MR) is 62.9 cm³/mol. The van der Waals surface area contributed by atoms with E-state index in [0.29, 0.717) is 6.07 Å². The summed E-state index contributed by atoms with van der Waals surface area (Å²) >= 11 is 0. The topological polar surface area (TPSA) is 140 Å².